The van der Waals surface area contributed by atoms with E-state index < -0.39 is 5.79 Å². The van der Waals surface area contributed by atoms with Crippen LogP contribution in [0.3, 0.4) is 0 Å². The number of amides is 2. The van der Waals surface area contributed by atoms with Crippen LogP contribution >= 0.6 is 0 Å². The van der Waals surface area contributed by atoms with E-state index in [2.05, 4.69) is 5.32 Å². The number of hydrogen-bond acceptors (Lipinski definition) is 4. The second-order valence-electron chi connectivity index (χ2n) is 9.92. The van der Waals surface area contributed by atoms with Crippen molar-refractivity contribution in [3.05, 3.63) is 66.2 Å². The molecule has 2 aliphatic heterocycles. The minimum absolute atomic E-state index is 0.00601. The lowest BCUT2D eigenvalue weighted by Crippen LogP contribution is -2.41. The largest absolute Gasteiger partial charge is 0.448 e. The van der Waals surface area contributed by atoms with E-state index in [1.54, 1.807) is 0 Å². The van der Waals surface area contributed by atoms with Gasteiger partial charge in [0.1, 0.15) is 0 Å². The third-order valence-corrected chi connectivity index (χ3v) is 7.59. The number of carbonyl (C=O) groups is 2. The number of fused-ring (bicyclic) bond motifs is 2. The zero-order chi connectivity index (χ0) is 23.8. The van der Waals surface area contributed by atoms with Crippen LogP contribution < -0.4 is 14.8 Å². The summed E-state index contributed by atoms with van der Waals surface area (Å²) in [6.07, 6.45) is 6.54. The van der Waals surface area contributed by atoms with E-state index in [1.807, 2.05) is 65.6 Å². The number of rotatable bonds is 3. The van der Waals surface area contributed by atoms with Gasteiger partial charge in [-0.1, -0.05) is 42.8 Å². The Balaban J connectivity index is 1.07. The van der Waals surface area contributed by atoms with Crippen LogP contribution in [-0.4, -0.2) is 35.6 Å². The summed E-state index contributed by atoms with van der Waals surface area (Å²) in [6, 6.07) is 19.4. The molecule has 2 heterocycles. The van der Waals surface area contributed by atoms with Crippen molar-refractivity contribution in [2.45, 2.75) is 50.7 Å². The molecule has 0 atom stereocenters. The predicted molar refractivity (Wildman–Crippen MR) is 135 cm³/mol. The van der Waals surface area contributed by atoms with Crippen LogP contribution in [0.25, 0.3) is 10.8 Å². The molecule has 1 spiro atoms. The summed E-state index contributed by atoms with van der Waals surface area (Å²) in [7, 11) is 0. The van der Waals surface area contributed by atoms with Crippen LogP contribution in [0.4, 0.5) is 5.69 Å². The Morgan fingerprint density at radius 2 is 1.60 bits per heavy atom. The molecule has 0 unspecified atom stereocenters. The van der Waals surface area contributed by atoms with Gasteiger partial charge >= 0.3 is 0 Å². The van der Waals surface area contributed by atoms with Crippen LogP contribution in [0.1, 0.15) is 55.3 Å². The SMILES string of the molecule is O=C(Nc1ccc2c(c1)OC1(CCCCC1)O2)C1CCN(C(=O)c2cccc3ccccc23)CC1. The molecule has 2 amide bonds. The molecule has 3 aromatic carbocycles. The van der Waals surface area contributed by atoms with E-state index in [9.17, 15) is 9.59 Å². The smallest absolute Gasteiger partial charge is 0.254 e. The molecule has 3 aromatic rings. The number of hydrogen-bond donors (Lipinski definition) is 1. The number of likely N-dealkylation sites (tertiary alicyclic amines) is 1. The molecular weight excluding hydrogens is 440 g/mol. The highest BCUT2D eigenvalue weighted by Gasteiger charge is 2.42. The highest BCUT2D eigenvalue weighted by atomic mass is 16.7. The van der Waals surface area contributed by atoms with Crippen LogP contribution in [0.5, 0.6) is 11.5 Å². The predicted octanol–water partition coefficient (Wildman–Crippen LogP) is 5.76. The number of benzene rings is 3. The Kier molecular flexibility index (Phi) is 5.59. The topological polar surface area (TPSA) is 67.9 Å². The molecule has 3 aliphatic rings. The van der Waals surface area contributed by atoms with Gasteiger partial charge in [0.25, 0.3) is 11.7 Å². The van der Waals surface area contributed by atoms with Crippen LogP contribution in [0.2, 0.25) is 0 Å². The summed E-state index contributed by atoms with van der Waals surface area (Å²) >= 11 is 0. The minimum atomic E-state index is -0.521. The Labute approximate surface area is 205 Å². The number of ether oxygens (including phenoxy) is 2. The van der Waals surface area contributed by atoms with E-state index in [4.69, 9.17) is 9.47 Å². The maximum Gasteiger partial charge on any atom is 0.254 e. The average Bonchev–Trinajstić information content (AvgIpc) is 3.24. The lowest BCUT2D eigenvalue weighted by atomic mass is 9.94. The molecule has 180 valence electrons. The summed E-state index contributed by atoms with van der Waals surface area (Å²) < 4.78 is 12.3. The highest BCUT2D eigenvalue weighted by molar-refractivity contribution is 6.07. The van der Waals surface area contributed by atoms with Crippen molar-refractivity contribution in [2.24, 2.45) is 5.92 Å². The van der Waals surface area contributed by atoms with Gasteiger partial charge in [0.05, 0.1) is 0 Å². The normalized spacial score (nSPS) is 19.1. The van der Waals surface area contributed by atoms with E-state index in [1.165, 1.54) is 6.42 Å². The number of anilines is 1. The van der Waals surface area contributed by atoms with Crippen molar-refractivity contribution in [3.63, 3.8) is 0 Å². The average molecular weight is 471 g/mol. The molecule has 0 aromatic heterocycles. The van der Waals surface area contributed by atoms with Gasteiger partial charge in [-0.05, 0) is 54.7 Å². The van der Waals surface area contributed by atoms with Crippen molar-refractivity contribution in [1.82, 2.24) is 4.90 Å². The van der Waals surface area contributed by atoms with Crippen molar-refractivity contribution < 1.29 is 19.1 Å². The maximum atomic E-state index is 13.2. The summed E-state index contributed by atoms with van der Waals surface area (Å²) in [5, 5.41) is 5.09. The fraction of sp³-hybridized carbons (Fsp3) is 0.379. The first-order chi connectivity index (χ1) is 17.1. The number of nitrogens with zero attached hydrogens (tertiary/aromatic N) is 1. The lowest BCUT2D eigenvalue weighted by Gasteiger charge is -2.31. The fourth-order valence-electron chi connectivity index (χ4n) is 5.64. The van der Waals surface area contributed by atoms with Crippen molar-refractivity contribution in [1.29, 1.82) is 0 Å². The first-order valence-electron chi connectivity index (χ1n) is 12.7. The Bertz CT molecular complexity index is 1270. The molecule has 1 aliphatic carbocycles. The molecule has 6 rings (SSSR count). The van der Waals surface area contributed by atoms with Gasteiger partial charge in [-0.2, -0.15) is 0 Å². The molecule has 1 saturated heterocycles. The molecule has 6 nitrogen and oxygen atoms in total. The third kappa shape index (κ3) is 4.22. The quantitative estimate of drug-likeness (QED) is 0.528. The summed E-state index contributed by atoms with van der Waals surface area (Å²) in [5.41, 5.74) is 1.45. The molecular formula is C29H30N2O4. The van der Waals surface area contributed by atoms with Gasteiger partial charge in [0.2, 0.25) is 5.91 Å². The van der Waals surface area contributed by atoms with Crippen molar-refractivity contribution in [3.8, 4) is 11.5 Å². The van der Waals surface area contributed by atoms with Gasteiger partial charge in [-0.25, -0.2) is 0 Å². The Morgan fingerprint density at radius 1 is 0.857 bits per heavy atom. The second kappa shape index (κ2) is 8.91. The van der Waals surface area contributed by atoms with Crippen molar-refractivity contribution in [2.75, 3.05) is 18.4 Å². The molecule has 2 fully saturated rings. The zero-order valence-electron chi connectivity index (χ0n) is 19.8. The summed E-state index contributed by atoms with van der Waals surface area (Å²) in [6.45, 7) is 1.15. The van der Waals surface area contributed by atoms with Crippen LogP contribution in [0, 0.1) is 5.92 Å². The van der Waals surface area contributed by atoms with E-state index in [-0.39, 0.29) is 17.7 Å². The Morgan fingerprint density at radius 3 is 2.43 bits per heavy atom. The maximum absolute atomic E-state index is 13.2. The molecule has 1 N–H and O–H groups in total. The molecule has 35 heavy (non-hydrogen) atoms. The molecule has 1 saturated carbocycles. The minimum Gasteiger partial charge on any atom is -0.448 e. The molecule has 6 heteroatoms. The van der Waals surface area contributed by atoms with E-state index in [0.717, 1.165) is 53.5 Å². The van der Waals surface area contributed by atoms with E-state index in [0.29, 0.717) is 31.7 Å². The third-order valence-electron chi connectivity index (χ3n) is 7.59. The number of piperidine rings is 1. The molecule has 0 radical (unpaired) electrons. The van der Waals surface area contributed by atoms with Gasteiger partial charge in [-0.3, -0.25) is 9.59 Å². The standard InChI is InChI=1S/C29H30N2O4/c32-27(30-22-11-12-25-26(19-22)35-29(34-25)15-4-1-5-16-29)21-13-17-31(18-14-21)28(33)24-10-6-8-20-7-2-3-9-23(20)24/h2-3,6-12,19,21H,1,4-5,13-18H2,(H,30,32). The first-order valence-corrected chi connectivity index (χ1v) is 12.7. The van der Waals surface area contributed by atoms with E-state index >= 15 is 0 Å². The Hall–Kier alpha value is -3.54. The summed E-state index contributed by atoms with van der Waals surface area (Å²) in [5.74, 6) is 0.848. The van der Waals surface area contributed by atoms with Gasteiger partial charge < -0.3 is 19.7 Å². The zero-order valence-corrected chi connectivity index (χ0v) is 19.8. The molecule has 0 bridgehead atoms. The van der Waals surface area contributed by atoms with Crippen molar-refractivity contribution >= 4 is 28.3 Å². The highest BCUT2D eigenvalue weighted by Crippen LogP contribution is 2.46. The van der Waals surface area contributed by atoms with Crippen LogP contribution in [0.15, 0.2) is 60.7 Å². The van der Waals surface area contributed by atoms with Crippen LogP contribution in [-0.2, 0) is 4.79 Å². The lowest BCUT2D eigenvalue weighted by molar-refractivity contribution is -0.121. The monoisotopic (exact) mass is 470 g/mol. The van der Waals surface area contributed by atoms with Gasteiger partial charge in [0, 0.05) is 49.2 Å². The number of carbonyl (C=O) groups excluding carboxylic acids is 2. The van der Waals surface area contributed by atoms with Gasteiger partial charge in [0.15, 0.2) is 11.5 Å². The fourth-order valence-corrected chi connectivity index (χ4v) is 5.64. The first kappa shape index (κ1) is 22.0. The van der Waals surface area contributed by atoms with Gasteiger partial charge in [-0.15, -0.1) is 0 Å². The summed E-state index contributed by atoms with van der Waals surface area (Å²) in [4.78, 5) is 28.1. The second-order valence-corrected chi connectivity index (χ2v) is 9.92. The number of nitrogens with one attached hydrogen (secondary N) is 1.